The molecule has 5 unspecified atom stereocenters. The molecule has 1 aromatic rings. The van der Waals surface area contributed by atoms with Gasteiger partial charge in [0.15, 0.2) is 11.5 Å². The molecule has 0 spiro atoms. The lowest BCUT2D eigenvalue weighted by molar-refractivity contribution is -0.135. The van der Waals surface area contributed by atoms with Gasteiger partial charge in [0, 0.05) is 12.4 Å². The van der Waals surface area contributed by atoms with Gasteiger partial charge in [-0.3, -0.25) is 9.59 Å². The molecule has 0 N–H and O–H groups in total. The highest BCUT2D eigenvalue weighted by molar-refractivity contribution is 6.21. The summed E-state index contributed by atoms with van der Waals surface area (Å²) in [6, 6.07) is 6.21. The van der Waals surface area contributed by atoms with Crippen LogP contribution in [0.5, 0.6) is 0 Å². The van der Waals surface area contributed by atoms with Gasteiger partial charge in [0.25, 0.3) is 5.91 Å². The van der Waals surface area contributed by atoms with Gasteiger partial charge in [-0.15, -0.1) is 11.6 Å². The number of alkyl halides is 1. The first-order chi connectivity index (χ1) is 13.3. The number of rotatable bonds is 2. The van der Waals surface area contributed by atoms with Gasteiger partial charge < -0.3 is 14.4 Å². The molecule has 0 saturated heterocycles. The van der Waals surface area contributed by atoms with Crippen LogP contribution in [0.1, 0.15) is 41.7 Å². The quantitative estimate of drug-likeness (QED) is 0.560. The van der Waals surface area contributed by atoms with E-state index in [1.807, 2.05) is 6.92 Å². The third-order valence-corrected chi connectivity index (χ3v) is 6.70. The van der Waals surface area contributed by atoms with Crippen molar-refractivity contribution >= 4 is 29.3 Å². The van der Waals surface area contributed by atoms with Crippen LogP contribution in [0.4, 0.5) is 0 Å². The molecule has 5 atom stereocenters. The van der Waals surface area contributed by atoms with Crippen LogP contribution in [-0.4, -0.2) is 48.2 Å². The molecule has 2 heterocycles. The summed E-state index contributed by atoms with van der Waals surface area (Å²) >= 11 is 6.42. The minimum absolute atomic E-state index is 0.0523. The maximum atomic E-state index is 13.3. The van der Waals surface area contributed by atoms with Crippen molar-refractivity contribution in [3.05, 3.63) is 46.7 Å². The van der Waals surface area contributed by atoms with Crippen molar-refractivity contribution in [2.45, 2.75) is 37.3 Å². The van der Waals surface area contributed by atoms with E-state index in [4.69, 9.17) is 21.1 Å². The Morgan fingerprint density at radius 3 is 2.54 bits per heavy atom. The van der Waals surface area contributed by atoms with Crippen LogP contribution in [0.15, 0.2) is 35.6 Å². The number of hydrogen-bond acceptors (Lipinski definition) is 5. The van der Waals surface area contributed by atoms with Crippen LogP contribution < -0.4 is 0 Å². The van der Waals surface area contributed by atoms with E-state index in [9.17, 15) is 14.4 Å². The van der Waals surface area contributed by atoms with Crippen LogP contribution >= 0.6 is 11.6 Å². The Balaban J connectivity index is 1.71. The second-order valence-corrected chi connectivity index (χ2v) is 8.33. The van der Waals surface area contributed by atoms with Crippen molar-refractivity contribution in [2.24, 2.45) is 11.8 Å². The minimum Gasteiger partial charge on any atom is -0.483 e. The van der Waals surface area contributed by atoms with Gasteiger partial charge in [-0.05, 0) is 36.5 Å². The Bertz CT molecular complexity index is 877. The van der Waals surface area contributed by atoms with Gasteiger partial charge in [-0.1, -0.05) is 19.1 Å². The third kappa shape index (κ3) is 2.82. The van der Waals surface area contributed by atoms with Gasteiger partial charge in [0.1, 0.15) is 6.10 Å². The Morgan fingerprint density at radius 1 is 1.21 bits per heavy atom. The van der Waals surface area contributed by atoms with E-state index in [2.05, 4.69) is 0 Å². The van der Waals surface area contributed by atoms with Crippen molar-refractivity contribution in [3.63, 3.8) is 0 Å². The Morgan fingerprint density at radius 2 is 1.89 bits per heavy atom. The Hall–Kier alpha value is -2.34. The summed E-state index contributed by atoms with van der Waals surface area (Å²) in [5.74, 6) is -0.710. The number of hydrogen-bond donors (Lipinski definition) is 0. The van der Waals surface area contributed by atoms with E-state index in [-0.39, 0.29) is 40.8 Å². The molecule has 4 rings (SSSR count). The number of nitrogens with zero attached hydrogens (tertiary/aromatic N) is 1. The van der Waals surface area contributed by atoms with Gasteiger partial charge in [-0.2, -0.15) is 0 Å². The fourth-order valence-electron chi connectivity index (χ4n) is 4.44. The van der Waals surface area contributed by atoms with E-state index in [1.54, 1.807) is 31.3 Å². The summed E-state index contributed by atoms with van der Waals surface area (Å²) in [5, 5.41) is -0.0800. The van der Waals surface area contributed by atoms with Gasteiger partial charge in [0.2, 0.25) is 0 Å². The molecule has 0 aromatic heterocycles. The number of methoxy groups -OCH3 is 1. The summed E-state index contributed by atoms with van der Waals surface area (Å²) in [4.78, 5) is 39.3. The lowest BCUT2D eigenvalue weighted by Gasteiger charge is -2.39. The maximum absolute atomic E-state index is 13.3. The first kappa shape index (κ1) is 19.0. The summed E-state index contributed by atoms with van der Waals surface area (Å²) in [6.07, 6.45) is 0.917. The van der Waals surface area contributed by atoms with E-state index in [1.165, 1.54) is 12.0 Å². The average Bonchev–Trinajstić information content (AvgIpc) is 2.94. The highest BCUT2D eigenvalue weighted by Gasteiger charge is 2.52. The minimum atomic E-state index is -0.532. The lowest BCUT2D eigenvalue weighted by atomic mass is 9.74. The van der Waals surface area contributed by atoms with Gasteiger partial charge in [0.05, 0.1) is 30.2 Å². The molecule has 6 nitrogen and oxygen atoms in total. The predicted molar refractivity (Wildman–Crippen MR) is 102 cm³/mol. The predicted octanol–water partition coefficient (Wildman–Crippen LogP) is 2.86. The molecule has 1 fully saturated rings. The zero-order chi connectivity index (χ0) is 20.2. The molecule has 1 saturated carbocycles. The number of ketones is 1. The molecular weight excluding hydrogens is 382 g/mol. The Labute approximate surface area is 168 Å². The van der Waals surface area contributed by atoms with Crippen LogP contribution in [0, 0.1) is 11.8 Å². The molecule has 148 valence electrons. The van der Waals surface area contributed by atoms with Crippen LogP contribution in [-0.2, 0) is 19.1 Å². The molecule has 1 amide bonds. The summed E-state index contributed by atoms with van der Waals surface area (Å²) < 4.78 is 10.8. The van der Waals surface area contributed by atoms with Crippen molar-refractivity contribution in [1.29, 1.82) is 0 Å². The third-order valence-electron chi connectivity index (χ3n) is 6.09. The molecule has 0 bridgehead atoms. The lowest BCUT2D eigenvalue weighted by Crippen LogP contribution is -2.44. The van der Waals surface area contributed by atoms with E-state index in [0.717, 1.165) is 5.56 Å². The molecule has 28 heavy (non-hydrogen) atoms. The molecule has 1 aliphatic carbocycles. The number of amides is 1. The standard InChI is InChI=1S/C21H22ClNO5/c1-10-8-15-13(9-14(10)22)18(24)16-17(23(2)20(25)19(16)28-15)11-4-6-12(7-5-11)21(26)27-3/h4-7,10,13-15,17H,8-9H2,1-3H3. The number of Topliss-reactive ketones (excluding diaryl/α,β-unsaturated/α-hetero) is 1. The second kappa shape index (κ2) is 6.92. The highest BCUT2D eigenvalue weighted by Crippen LogP contribution is 2.47. The molecule has 7 heteroatoms. The SMILES string of the molecule is COC(=O)c1ccc(C2C3=C(OC4CC(C)C(Cl)CC4C3=O)C(=O)N2C)cc1. The van der Waals surface area contributed by atoms with Crippen LogP contribution in [0.3, 0.4) is 0 Å². The number of likely N-dealkylation sites (N-methyl/N-ethyl adjacent to an activating group) is 1. The van der Waals surface area contributed by atoms with E-state index >= 15 is 0 Å². The number of carbonyl (C=O) groups is 3. The average molecular weight is 404 g/mol. The fraction of sp³-hybridized carbons (Fsp3) is 0.476. The second-order valence-electron chi connectivity index (χ2n) is 7.77. The zero-order valence-corrected chi connectivity index (χ0v) is 16.7. The first-order valence-electron chi connectivity index (χ1n) is 9.38. The van der Waals surface area contributed by atoms with Crippen molar-refractivity contribution in [2.75, 3.05) is 14.2 Å². The molecule has 1 aromatic carbocycles. The normalized spacial score (nSPS) is 32.0. The number of ether oxygens (including phenoxy) is 2. The van der Waals surface area contributed by atoms with Gasteiger partial charge >= 0.3 is 5.97 Å². The zero-order valence-electron chi connectivity index (χ0n) is 16.0. The first-order valence-corrected chi connectivity index (χ1v) is 9.81. The number of benzene rings is 1. The number of fused-ring (bicyclic) bond motifs is 1. The van der Waals surface area contributed by atoms with Crippen molar-refractivity contribution < 1.29 is 23.9 Å². The Kier molecular flexibility index (Phi) is 4.70. The highest BCUT2D eigenvalue weighted by atomic mass is 35.5. The fourth-order valence-corrected chi connectivity index (χ4v) is 4.74. The summed E-state index contributed by atoms with van der Waals surface area (Å²) in [6.45, 7) is 2.04. The molecule has 3 aliphatic rings. The van der Waals surface area contributed by atoms with Crippen molar-refractivity contribution in [3.8, 4) is 0 Å². The van der Waals surface area contributed by atoms with E-state index < -0.39 is 12.0 Å². The number of esters is 1. The van der Waals surface area contributed by atoms with E-state index in [0.29, 0.717) is 24.0 Å². The topological polar surface area (TPSA) is 72.9 Å². The monoisotopic (exact) mass is 403 g/mol. The molecular formula is C21H22ClNO5. The van der Waals surface area contributed by atoms with Crippen LogP contribution in [0.25, 0.3) is 0 Å². The summed E-state index contributed by atoms with van der Waals surface area (Å²) in [5.41, 5.74) is 1.55. The van der Waals surface area contributed by atoms with Crippen molar-refractivity contribution in [1.82, 2.24) is 4.90 Å². The number of carbonyl (C=O) groups excluding carboxylic acids is 3. The maximum Gasteiger partial charge on any atom is 0.337 e. The largest absolute Gasteiger partial charge is 0.483 e. The van der Waals surface area contributed by atoms with Crippen LogP contribution in [0.2, 0.25) is 0 Å². The number of halogens is 1. The molecule has 2 aliphatic heterocycles. The van der Waals surface area contributed by atoms with Gasteiger partial charge in [-0.25, -0.2) is 4.79 Å². The molecule has 0 radical (unpaired) electrons. The summed E-state index contributed by atoms with van der Waals surface area (Å²) in [7, 11) is 2.98. The smallest absolute Gasteiger partial charge is 0.337 e.